The Hall–Kier alpha value is -7.64. The van der Waals surface area contributed by atoms with Crippen molar-refractivity contribution in [1.82, 2.24) is 0 Å². The number of hydrogen-bond donors (Lipinski definition) is 0. The van der Waals surface area contributed by atoms with Crippen LogP contribution in [0.1, 0.15) is 106 Å². The lowest BCUT2D eigenvalue weighted by atomic mass is 9.39. The van der Waals surface area contributed by atoms with Gasteiger partial charge in [-0.1, -0.05) is 110 Å². The van der Waals surface area contributed by atoms with Crippen LogP contribution in [0.3, 0.4) is 0 Å². The van der Waals surface area contributed by atoms with E-state index in [9.17, 15) is 0 Å². The lowest BCUT2D eigenvalue weighted by Gasteiger charge is -2.40. The van der Waals surface area contributed by atoms with Crippen molar-refractivity contribution in [2.75, 3.05) is 9.80 Å². The summed E-state index contributed by atoms with van der Waals surface area (Å²) in [6.45, 7) is 32.2. The predicted molar refractivity (Wildman–Crippen MR) is 305 cm³/mol. The van der Waals surface area contributed by atoms with Crippen LogP contribution >= 0.6 is 0 Å². The molecule has 5 heterocycles. The minimum Gasteiger partial charge on any atom is -0.471 e. The van der Waals surface area contributed by atoms with E-state index < -0.39 is 6.71 Å². The van der Waals surface area contributed by atoms with Gasteiger partial charge >= 0.3 is 6.71 Å². The number of hydrogen-bond acceptors (Lipinski definition) is 6. The van der Waals surface area contributed by atoms with Crippen molar-refractivity contribution >= 4 is 79.2 Å². The summed E-state index contributed by atoms with van der Waals surface area (Å²) in [5.74, 6) is 2.69. The fraction of sp³-hybridized carbons (Fsp3) is 0.242. The molecule has 0 unspecified atom stereocenters. The van der Waals surface area contributed by atoms with Gasteiger partial charge in [0, 0.05) is 49.9 Å². The maximum absolute atomic E-state index is 7.35. The predicted octanol–water partition coefficient (Wildman–Crippen LogP) is 17.4. The van der Waals surface area contributed by atoms with Gasteiger partial charge < -0.3 is 27.8 Å². The van der Waals surface area contributed by atoms with Crippen LogP contribution < -0.4 is 25.7 Å². The zero-order valence-corrected chi connectivity index (χ0v) is 44.3. The van der Waals surface area contributed by atoms with Gasteiger partial charge in [-0.25, -0.2) is 0 Å². The minimum atomic E-state index is -0.482. The van der Waals surface area contributed by atoms with Crippen molar-refractivity contribution in [3.05, 3.63) is 190 Å². The maximum Gasteiger partial charge on any atom is 0.338 e. The Kier molecular flexibility index (Phi) is 10.6. The molecule has 10 aromatic rings. The van der Waals surface area contributed by atoms with Crippen molar-refractivity contribution in [2.24, 2.45) is 0 Å². The Morgan fingerprint density at radius 2 is 1.08 bits per heavy atom. The summed E-state index contributed by atoms with van der Waals surface area (Å²) in [5, 5.41) is 3.23. The topological polar surface area (TPSA) is 55.1 Å². The summed E-state index contributed by atoms with van der Waals surface area (Å²) in [7, 11) is 0. The molecular formula is C66H63BN2O4. The lowest BCUT2D eigenvalue weighted by molar-refractivity contribution is 0.454. The molecule has 0 saturated heterocycles. The highest BCUT2D eigenvalue weighted by Gasteiger charge is 2.46. The van der Waals surface area contributed by atoms with Gasteiger partial charge in [0.1, 0.15) is 39.7 Å². The van der Waals surface area contributed by atoms with Crippen molar-refractivity contribution < 1.29 is 18.0 Å². The molecule has 0 aliphatic carbocycles. The van der Waals surface area contributed by atoms with E-state index in [4.69, 9.17) is 24.6 Å². The lowest BCUT2D eigenvalue weighted by Crippen LogP contribution is -2.53. The number of anilines is 5. The van der Waals surface area contributed by atoms with E-state index in [0.29, 0.717) is 12.2 Å². The van der Waals surface area contributed by atoms with E-state index in [1.54, 1.807) is 0 Å². The van der Waals surface area contributed by atoms with E-state index in [1.165, 1.54) is 16.7 Å². The van der Waals surface area contributed by atoms with Crippen LogP contribution in [0.25, 0.3) is 55.6 Å². The summed E-state index contributed by atoms with van der Waals surface area (Å²) in [6, 6.07) is 48.2. The highest BCUT2D eigenvalue weighted by atomic mass is 16.5. The molecule has 0 atom stereocenters. The normalized spacial score (nSPS) is 13.9. The highest BCUT2D eigenvalue weighted by Crippen LogP contribution is 2.50. The Morgan fingerprint density at radius 1 is 0.548 bits per heavy atom. The molecule has 73 heavy (non-hydrogen) atoms. The number of aryl methyl sites for hydroxylation is 4. The second kappa shape index (κ2) is 16.7. The number of benzene rings is 7. The molecule has 12 rings (SSSR count). The SMILES string of the molecule is C=C1Oc2ccc(C(C)(C)C)cc2CN(c2c(C)cc(-c3cc4ccccc4o3)cc2C)c2cc(C(C)C)cc3c2B1c1oc2ccc(C(C)(C)C)cc2c1N3c1c(C)cc(-c2cc3ccccc3o2)cc1C. The summed E-state index contributed by atoms with van der Waals surface area (Å²) in [6.07, 6.45) is 0. The van der Waals surface area contributed by atoms with Gasteiger partial charge in [-0.05, 0) is 174 Å². The third-order valence-electron chi connectivity index (χ3n) is 15.4. The first kappa shape index (κ1) is 46.4. The zero-order chi connectivity index (χ0) is 51.0. The van der Waals surface area contributed by atoms with Crippen molar-refractivity contribution in [2.45, 2.75) is 106 Å². The fourth-order valence-electron chi connectivity index (χ4n) is 11.6. The van der Waals surface area contributed by atoms with Crippen molar-refractivity contribution in [3.8, 4) is 28.4 Å². The second-order valence-corrected chi connectivity index (χ2v) is 23.1. The molecule has 0 radical (unpaired) electrons. The van der Waals surface area contributed by atoms with Crippen LogP contribution in [0, 0.1) is 27.7 Å². The molecule has 364 valence electrons. The molecule has 7 heteroatoms. The number of para-hydroxylation sites is 2. The number of fused-ring (bicyclic) bond motifs is 7. The van der Waals surface area contributed by atoms with Gasteiger partial charge in [0.2, 0.25) is 0 Å². The summed E-state index contributed by atoms with van der Waals surface area (Å²) < 4.78 is 27.6. The molecule has 0 spiro atoms. The van der Waals surface area contributed by atoms with Crippen molar-refractivity contribution in [3.63, 3.8) is 0 Å². The van der Waals surface area contributed by atoms with Gasteiger partial charge in [0.15, 0.2) is 0 Å². The Labute approximate surface area is 430 Å². The van der Waals surface area contributed by atoms with Crippen LogP contribution in [-0.4, -0.2) is 6.71 Å². The average Bonchev–Trinajstić information content (AvgIpc) is 4.08. The molecular weight excluding hydrogens is 896 g/mol. The second-order valence-electron chi connectivity index (χ2n) is 23.1. The first-order valence-electron chi connectivity index (χ1n) is 25.8. The molecule has 2 aliphatic heterocycles. The van der Waals surface area contributed by atoms with E-state index >= 15 is 0 Å². The highest BCUT2D eigenvalue weighted by molar-refractivity contribution is 6.93. The molecule has 0 bridgehead atoms. The Morgan fingerprint density at radius 3 is 1.64 bits per heavy atom. The van der Waals surface area contributed by atoms with E-state index in [2.05, 4.69) is 202 Å². The number of nitrogens with zero attached hydrogens (tertiary/aromatic N) is 2. The van der Waals surface area contributed by atoms with Crippen molar-refractivity contribution in [1.29, 1.82) is 0 Å². The fourth-order valence-corrected chi connectivity index (χ4v) is 11.6. The van der Waals surface area contributed by atoms with Gasteiger partial charge in [-0.3, -0.25) is 0 Å². The van der Waals surface area contributed by atoms with Crippen LogP contribution in [0.5, 0.6) is 5.75 Å². The van der Waals surface area contributed by atoms with Crippen LogP contribution in [0.15, 0.2) is 159 Å². The largest absolute Gasteiger partial charge is 0.471 e. The molecule has 2 aliphatic rings. The zero-order valence-electron chi connectivity index (χ0n) is 44.3. The molecule has 3 aromatic heterocycles. The molecule has 0 fully saturated rings. The van der Waals surface area contributed by atoms with E-state index in [0.717, 1.165) is 129 Å². The van der Waals surface area contributed by atoms with Gasteiger partial charge in [-0.2, -0.15) is 0 Å². The third kappa shape index (κ3) is 7.70. The third-order valence-corrected chi connectivity index (χ3v) is 15.4. The summed E-state index contributed by atoms with van der Waals surface area (Å²) >= 11 is 0. The van der Waals surface area contributed by atoms with E-state index in [-0.39, 0.29) is 16.7 Å². The quantitative estimate of drug-likeness (QED) is 0.160. The van der Waals surface area contributed by atoms with Gasteiger partial charge in [-0.15, -0.1) is 0 Å². The number of ether oxygens (including phenoxy) is 1. The minimum absolute atomic E-state index is 0.0953. The van der Waals surface area contributed by atoms with Gasteiger partial charge in [0.25, 0.3) is 0 Å². The van der Waals surface area contributed by atoms with E-state index in [1.807, 2.05) is 24.3 Å². The standard InChI is InChI=1S/C66H63BN2O4/c1-37(2)45-31-52-60-53(32-45)69(62-40(5)28-47(29-41(62)6)59-34-44-19-15-17-21-55(44)72-59)63-51-35-50(66(11,12)13)23-25-57(51)73-64(63)67(60)42(7)70-56-24-22-49(65(8,9)10)30-48(56)36-68(52)61-38(3)26-46(27-39(61)4)58-33-43-18-14-16-20-54(43)71-58/h14-35,37H,7,36H2,1-6,8-13H3. The Balaban J connectivity index is 1.16. The van der Waals surface area contributed by atoms with Gasteiger partial charge in [0.05, 0.1) is 23.6 Å². The molecule has 0 saturated carbocycles. The molecule has 7 aromatic carbocycles. The average molecular weight is 959 g/mol. The number of rotatable bonds is 5. The Bertz CT molecular complexity index is 3790. The van der Waals surface area contributed by atoms with Crippen LogP contribution in [0.2, 0.25) is 0 Å². The monoisotopic (exact) mass is 958 g/mol. The van der Waals surface area contributed by atoms with Crippen LogP contribution in [0.4, 0.5) is 28.4 Å². The molecule has 6 nitrogen and oxygen atoms in total. The maximum atomic E-state index is 7.35. The first-order valence-corrected chi connectivity index (χ1v) is 25.8. The summed E-state index contributed by atoms with van der Waals surface area (Å²) in [4.78, 5) is 5.08. The molecule has 0 amide bonds. The number of furan rings is 3. The summed E-state index contributed by atoms with van der Waals surface area (Å²) in [5.41, 5.74) is 21.7. The van der Waals surface area contributed by atoms with Crippen LogP contribution in [-0.2, 0) is 17.4 Å². The smallest absolute Gasteiger partial charge is 0.338 e. The molecule has 0 N–H and O–H groups in total. The first-order chi connectivity index (χ1) is 34.8.